The zero-order valence-electron chi connectivity index (χ0n) is 20.2. The molecule has 3 rings (SSSR count). The van der Waals surface area contributed by atoms with E-state index >= 15 is 0 Å². The van der Waals surface area contributed by atoms with E-state index in [1.54, 1.807) is 18.2 Å². The van der Waals surface area contributed by atoms with Crippen molar-refractivity contribution in [2.24, 2.45) is 0 Å². The van der Waals surface area contributed by atoms with E-state index in [4.69, 9.17) is 16.3 Å². The van der Waals surface area contributed by atoms with Crippen LogP contribution in [0, 0.1) is 0 Å². The van der Waals surface area contributed by atoms with Crippen molar-refractivity contribution in [3.05, 3.63) is 77.3 Å². The van der Waals surface area contributed by atoms with Gasteiger partial charge in [0, 0.05) is 11.6 Å². The number of anilines is 1. The summed E-state index contributed by atoms with van der Waals surface area (Å²) in [5.41, 5.74) is 2.59. The molecule has 0 aliphatic carbocycles. The first-order valence-corrected chi connectivity index (χ1v) is 11.7. The molecule has 0 unspecified atom stereocenters. The monoisotopic (exact) mass is 535 g/mol. The Hall–Kier alpha value is -3.72. The topological polar surface area (TPSA) is 65.1 Å². The Bertz CT molecular complexity index is 1210. The van der Waals surface area contributed by atoms with E-state index in [-0.39, 0.29) is 12.3 Å². The Morgan fingerprint density at radius 1 is 0.892 bits per heavy atom. The third-order valence-corrected chi connectivity index (χ3v) is 5.76. The summed E-state index contributed by atoms with van der Waals surface area (Å²) in [7, 11) is 2.56. The lowest BCUT2D eigenvalue weighted by Gasteiger charge is -2.24. The number of ether oxygens (including phenoxy) is 3. The van der Waals surface area contributed by atoms with E-state index in [9.17, 15) is 22.8 Å². The third-order valence-electron chi connectivity index (χ3n) is 5.51. The molecule has 0 spiro atoms. The maximum absolute atomic E-state index is 12.9. The van der Waals surface area contributed by atoms with Crippen molar-refractivity contribution in [1.82, 2.24) is 0 Å². The molecule has 0 atom stereocenters. The summed E-state index contributed by atoms with van der Waals surface area (Å²) in [6.45, 7) is 0.208. The molecule has 1 amide bonds. The molecule has 0 aliphatic heterocycles. The van der Waals surface area contributed by atoms with Crippen molar-refractivity contribution in [2.75, 3.05) is 25.7 Å². The third kappa shape index (κ3) is 7.88. The van der Waals surface area contributed by atoms with Crippen molar-refractivity contribution in [2.45, 2.75) is 25.6 Å². The highest BCUT2D eigenvalue weighted by Crippen LogP contribution is 2.35. The number of alkyl halides is 3. The Balaban J connectivity index is 1.84. The number of carbonyl (C=O) groups is 2. The molecule has 0 fully saturated rings. The van der Waals surface area contributed by atoms with E-state index < -0.39 is 18.2 Å². The molecule has 10 heteroatoms. The van der Waals surface area contributed by atoms with Crippen LogP contribution in [0.2, 0.25) is 5.02 Å². The average molecular weight is 536 g/mol. The number of benzene rings is 3. The van der Waals surface area contributed by atoms with Gasteiger partial charge in [-0.15, -0.1) is 13.2 Å². The molecule has 0 bridgehead atoms. The number of carbonyl (C=O) groups excluding carboxylic acids is 2. The molecular formula is C27H25ClF3NO5. The van der Waals surface area contributed by atoms with E-state index in [2.05, 4.69) is 9.47 Å². The van der Waals surface area contributed by atoms with E-state index in [0.29, 0.717) is 34.0 Å². The molecule has 6 nitrogen and oxygen atoms in total. The van der Waals surface area contributed by atoms with E-state index in [1.807, 2.05) is 24.3 Å². The summed E-state index contributed by atoms with van der Waals surface area (Å²) in [6.07, 6.45) is -2.74. The van der Waals surface area contributed by atoms with Crippen LogP contribution in [0.5, 0.6) is 11.5 Å². The highest BCUT2D eigenvalue weighted by atomic mass is 35.5. The van der Waals surface area contributed by atoms with Crippen molar-refractivity contribution >= 4 is 29.2 Å². The maximum atomic E-state index is 12.9. The predicted molar refractivity (Wildman–Crippen MR) is 134 cm³/mol. The number of unbranched alkanes of at least 4 members (excludes halogenated alkanes) is 1. The smallest absolute Gasteiger partial charge is 0.495 e. The molecule has 37 heavy (non-hydrogen) atoms. The maximum Gasteiger partial charge on any atom is 0.573 e. The molecule has 196 valence electrons. The summed E-state index contributed by atoms with van der Waals surface area (Å²) in [5, 5.41) is 0.646. The summed E-state index contributed by atoms with van der Waals surface area (Å²) in [4.78, 5) is 26.4. The molecular weight excluding hydrogens is 511 g/mol. The van der Waals surface area contributed by atoms with Crippen molar-refractivity contribution < 1.29 is 37.0 Å². The van der Waals surface area contributed by atoms with Crippen molar-refractivity contribution in [3.63, 3.8) is 0 Å². The lowest BCUT2D eigenvalue weighted by Crippen LogP contribution is -2.38. The summed E-state index contributed by atoms with van der Waals surface area (Å²) >= 11 is 5.93. The van der Waals surface area contributed by atoms with E-state index in [1.165, 1.54) is 36.3 Å². The van der Waals surface area contributed by atoms with Gasteiger partial charge in [-0.1, -0.05) is 41.9 Å². The van der Waals surface area contributed by atoms with Gasteiger partial charge in [0.1, 0.15) is 11.5 Å². The molecule has 0 radical (unpaired) electrons. The van der Waals surface area contributed by atoms with Crippen LogP contribution in [-0.4, -0.2) is 39.0 Å². The first-order valence-electron chi connectivity index (χ1n) is 11.3. The van der Waals surface area contributed by atoms with Gasteiger partial charge in [0.05, 0.1) is 19.9 Å². The predicted octanol–water partition coefficient (Wildman–Crippen LogP) is 6.44. The highest BCUT2D eigenvalue weighted by molar-refractivity contribution is 6.38. The highest BCUT2D eigenvalue weighted by Gasteiger charge is 2.31. The van der Waals surface area contributed by atoms with Crippen LogP contribution in [0.1, 0.15) is 18.4 Å². The van der Waals surface area contributed by atoms with Gasteiger partial charge in [0.2, 0.25) is 0 Å². The van der Waals surface area contributed by atoms with Crippen LogP contribution in [0.3, 0.4) is 0 Å². The van der Waals surface area contributed by atoms with Crippen LogP contribution in [-0.2, 0) is 20.7 Å². The van der Waals surface area contributed by atoms with Gasteiger partial charge in [-0.2, -0.15) is 0 Å². The van der Waals surface area contributed by atoms with Crippen molar-refractivity contribution in [1.29, 1.82) is 0 Å². The number of esters is 1. The van der Waals surface area contributed by atoms with Crippen molar-refractivity contribution in [3.8, 4) is 22.6 Å². The first kappa shape index (κ1) is 27.9. The fraction of sp³-hybridized carbons (Fsp3) is 0.259. The number of hydrogen-bond acceptors (Lipinski definition) is 5. The Kier molecular flexibility index (Phi) is 9.41. The number of methoxy groups -OCH3 is 2. The molecule has 0 saturated carbocycles. The zero-order valence-corrected chi connectivity index (χ0v) is 20.9. The normalized spacial score (nSPS) is 11.1. The Morgan fingerprint density at radius 3 is 2.14 bits per heavy atom. The van der Waals surface area contributed by atoms with Gasteiger partial charge < -0.3 is 14.2 Å². The minimum absolute atomic E-state index is 0.208. The number of amides is 1. The van der Waals surface area contributed by atoms with Crippen LogP contribution in [0.4, 0.5) is 18.9 Å². The molecule has 0 N–H and O–H groups in total. The molecule has 0 heterocycles. The van der Waals surface area contributed by atoms with Crippen LogP contribution in [0.25, 0.3) is 11.1 Å². The Morgan fingerprint density at radius 2 is 1.54 bits per heavy atom. The second-order valence-electron chi connectivity index (χ2n) is 7.99. The molecule has 0 aromatic heterocycles. The fourth-order valence-corrected chi connectivity index (χ4v) is 3.83. The Labute approximate surface area is 217 Å². The summed E-state index contributed by atoms with van der Waals surface area (Å²) < 4.78 is 51.5. The molecule has 0 saturated heterocycles. The van der Waals surface area contributed by atoms with Crippen LogP contribution in [0.15, 0.2) is 66.7 Å². The summed E-state index contributed by atoms with van der Waals surface area (Å²) in [6, 6.07) is 17.7. The van der Waals surface area contributed by atoms with Gasteiger partial charge in [-0.05, 0) is 72.4 Å². The standard InChI is InChI=1S/C27H25ClF3NO5/c1-35-24-15-10-20(19-8-13-22(14-9-19)37-27(29,30)31)17-23(24)32(25(33)26(34)36-2)16-4-3-5-18-6-11-21(28)12-7-18/h6-15,17H,3-5,16H2,1-2H3. The van der Waals surface area contributed by atoms with Crippen LogP contribution < -0.4 is 14.4 Å². The van der Waals surface area contributed by atoms with Gasteiger partial charge in [-0.25, -0.2) is 4.79 Å². The average Bonchev–Trinajstić information content (AvgIpc) is 2.88. The molecule has 0 aliphatic rings. The first-order chi connectivity index (χ1) is 17.6. The number of nitrogens with zero attached hydrogens (tertiary/aromatic N) is 1. The van der Waals surface area contributed by atoms with Gasteiger partial charge in [0.15, 0.2) is 0 Å². The van der Waals surface area contributed by atoms with Gasteiger partial charge >= 0.3 is 18.2 Å². The zero-order chi connectivity index (χ0) is 27.0. The number of aryl methyl sites for hydroxylation is 1. The summed E-state index contributed by atoms with van der Waals surface area (Å²) in [5.74, 6) is -1.90. The van der Waals surface area contributed by atoms with E-state index in [0.717, 1.165) is 25.5 Å². The number of hydrogen-bond donors (Lipinski definition) is 0. The number of rotatable bonds is 9. The quantitative estimate of drug-likeness (QED) is 0.179. The van der Waals surface area contributed by atoms with Gasteiger partial charge in [-0.3, -0.25) is 9.69 Å². The SMILES string of the molecule is COC(=O)C(=O)N(CCCCc1ccc(Cl)cc1)c1cc(-c2ccc(OC(F)(F)F)cc2)ccc1OC. The van der Waals surface area contributed by atoms with Crippen LogP contribution >= 0.6 is 11.6 Å². The number of halogens is 4. The largest absolute Gasteiger partial charge is 0.573 e. The minimum Gasteiger partial charge on any atom is -0.495 e. The molecule has 3 aromatic rings. The second-order valence-corrected chi connectivity index (χ2v) is 8.43. The van der Waals surface area contributed by atoms with Gasteiger partial charge in [0.25, 0.3) is 0 Å². The molecule has 3 aromatic carbocycles. The lowest BCUT2D eigenvalue weighted by atomic mass is 10.0. The minimum atomic E-state index is -4.79. The second kappa shape index (κ2) is 12.5. The lowest BCUT2D eigenvalue weighted by molar-refractivity contribution is -0.274. The fourth-order valence-electron chi connectivity index (χ4n) is 3.71.